The molecule has 0 unspecified atom stereocenters. The van der Waals surface area contributed by atoms with Crippen LogP contribution in [0.5, 0.6) is 5.75 Å². The molecule has 1 aromatic carbocycles. The van der Waals surface area contributed by atoms with Crippen molar-refractivity contribution in [3.63, 3.8) is 0 Å². The third-order valence-electron chi connectivity index (χ3n) is 2.20. The van der Waals surface area contributed by atoms with Gasteiger partial charge in [0.1, 0.15) is 5.75 Å². The molecule has 0 N–H and O–H groups in total. The number of benzene rings is 1. The SMILES string of the molecule is CCCc1cc(CS(=O)(=O)Cl)ccc1OC. The highest BCUT2D eigenvalue weighted by Crippen LogP contribution is 2.23. The van der Waals surface area contributed by atoms with Gasteiger partial charge in [-0.2, -0.15) is 0 Å². The normalized spacial score (nSPS) is 11.4. The Hall–Kier alpha value is -0.740. The van der Waals surface area contributed by atoms with Gasteiger partial charge in [0.2, 0.25) is 9.05 Å². The molecule has 90 valence electrons. The zero-order valence-electron chi connectivity index (χ0n) is 9.36. The Kier molecular flexibility index (Phi) is 4.62. The fourth-order valence-corrected chi connectivity index (χ4v) is 2.54. The minimum atomic E-state index is -3.50. The van der Waals surface area contributed by atoms with Gasteiger partial charge in [-0.25, -0.2) is 8.42 Å². The lowest BCUT2D eigenvalue weighted by atomic mass is 10.1. The lowest BCUT2D eigenvalue weighted by molar-refractivity contribution is 0.409. The van der Waals surface area contributed by atoms with E-state index in [0.717, 1.165) is 24.2 Å². The number of halogens is 1. The van der Waals surface area contributed by atoms with Crippen LogP contribution in [0.15, 0.2) is 18.2 Å². The summed E-state index contributed by atoms with van der Waals surface area (Å²) >= 11 is 0. The summed E-state index contributed by atoms with van der Waals surface area (Å²) in [5.41, 5.74) is 1.71. The van der Waals surface area contributed by atoms with Crippen LogP contribution in [0.1, 0.15) is 24.5 Å². The van der Waals surface area contributed by atoms with Gasteiger partial charge in [0, 0.05) is 10.7 Å². The standard InChI is InChI=1S/C11H15ClO3S/c1-3-4-10-7-9(8-16(12,13)14)5-6-11(10)15-2/h5-7H,3-4,8H2,1-2H3. The van der Waals surface area contributed by atoms with Gasteiger partial charge in [0.25, 0.3) is 0 Å². The van der Waals surface area contributed by atoms with Crippen LogP contribution in [0.25, 0.3) is 0 Å². The van der Waals surface area contributed by atoms with Crippen LogP contribution in [-0.2, 0) is 21.2 Å². The molecule has 0 aliphatic carbocycles. The van der Waals surface area contributed by atoms with Crippen molar-refractivity contribution < 1.29 is 13.2 Å². The molecule has 0 amide bonds. The summed E-state index contributed by atoms with van der Waals surface area (Å²) < 4.78 is 27.1. The highest BCUT2D eigenvalue weighted by Gasteiger charge is 2.09. The second-order valence-corrected chi connectivity index (χ2v) is 6.36. The van der Waals surface area contributed by atoms with Crippen LogP contribution in [-0.4, -0.2) is 15.5 Å². The number of hydrogen-bond acceptors (Lipinski definition) is 3. The van der Waals surface area contributed by atoms with E-state index >= 15 is 0 Å². The van der Waals surface area contributed by atoms with E-state index in [-0.39, 0.29) is 5.75 Å². The Balaban J connectivity index is 3.02. The average Bonchev–Trinajstić information content (AvgIpc) is 2.16. The highest BCUT2D eigenvalue weighted by atomic mass is 35.7. The first kappa shape index (κ1) is 13.3. The van der Waals surface area contributed by atoms with E-state index in [1.54, 1.807) is 19.2 Å². The minimum absolute atomic E-state index is 0.144. The summed E-state index contributed by atoms with van der Waals surface area (Å²) in [6, 6.07) is 5.34. The quantitative estimate of drug-likeness (QED) is 0.767. The van der Waals surface area contributed by atoms with E-state index in [1.807, 2.05) is 6.07 Å². The molecule has 0 saturated carbocycles. The third-order valence-corrected chi connectivity index (χ3v) is 3.21. The number of hydrogen-bond donors (Lipinski definition) is 0. The second kappa shape index (κ2) is 5.55. The molecule has 0 heterocycles. The summed E-state index contributed by atoms with van der Waals surface area (Å²) in [5.74, 6) is 0.646. The van der Waals surface area contributed by atoms with Crippen molar-refractivity contribution in [2.75, 3.05) is 7.11 Å². The number of aryl methyl sites for hydroxylation is 1. The first-order valence-electron chi connectivity index (χ1n) is 5.04. The van der Waals surface area contributed by atoms with Crippen molar-refractivity contribution in [2.45, 2.75) is 25.5 Å². The Bertz CT molecular complexity index is 454. The maximum atomic E-state index is 11.0. The smallest absolute Gasteiger partial charge is 0.236 e. The minimum Gasteiger partial charge on any atom is -0.496 e. The first-order valence-corrected chi connectivity index (χ1v) is 7.52. The molecule has 3 nitrogen and oxygen atoms in total. The largest absolute Gasteiger partial charge is 0.496 e. The van der Waals surface area contributed by atoms with Crippen LogP contribution in [0.3, 0.4) is 0 Å². The number of methoxy groups -OCH3 is 1. The maximum absolute atomic E-state index is 11.0. The van der Waals surface area contributed by atoms with Crippen molar-refractivity contribution >= 4 is 19.7 Å². The van der Waals surface area contributed by atoms with Crippen molar-refractivity contribution in [3.05, 3.63) is 29.3 Å². The van der Waals surface area contributed by atoms with Gasteiger partial charge in [-0.15, -0.1) is 0 Å². The predicted octanol–water partition coefficient (Wildman–Crippen LogP) is 2.72. The molecule has 0 aliphatic heterocycles. The van der Waals surface area contributed by atoms with Crippen molar-refractivity contribution in [3.8, 4) is 5.75 Å². The lowest BCUT2D eigenvalue weighted by Gasteiger charge is -2.09. The van der Waals surface area contributed by atoms with Gasteiger partial charge in [-0.05, 0) is 23.6 Å². The molecular weight excluding hydrogens is 248 g/mol. The van der Waals surface area contributed by atoms with E-state index in [1.165, 1.54) is 0 Å². The summed E-state index contributed by atoms with van der Waals surface area (Å²) in [6.45, 7) is 2.06. The number of ether oxygens (including phenoxy) is 1. The molecule has 16 heavy (non-hydrogen) atoms. The van der Waals surface area contributed by atoms with E-state index < -0.39 is 9.05 Å². The van der Waals surface area contributed by atoms with E-state index in [4.69, 9.17) is 15.4 Å². The topological polar surface area (TPSA) is 43.4 Å². The lowest BCUT2D eigenvalue weighted by Crippen LogP contribution is -1.98. The van der Waals surface area contributed by atoms with Crippen molar-refractivity contribution in [1.82, 2.24) is 0 Å². The monoisotopic (exact) mass is 262 g/mol. The highest BCUT2D eigenvalue weighted by molar-refractivity contribution is 8.13. The van der Waals surface area contributed by atoms with E-state index in [0.29, 0.717) is 5.56 Å². The molecule has 0 radical (unpaired) electrons. The van der Waals surface area contributed by atoms with E-state index in [9.17, 15) is 8.42 Å². The molecule has 0 aliphatic rings. The van der Waals surface area contributed by atoms with Crippen LogP contribution >= 0.6 is 10.7 Å². The van der Waals surface area contributed by atoms with Gasteiger partial charge in [-0.1, -0.05) is 25.5 Å². The molecular formula is C11H15ClO3S. The van der Waals surface area contributed by atoms with Gasteiger partial charge >= 0.3 is 0 Å². The number of rotatable bonds is 5. The maximum Gasteiger partial charge on any atom is 0.236 e. The molecule has 0 bridgehead atoms. The average molecular weight is 263 g/mol. The summed E-state index contributed by atoms with van der Waals surface area (Å²) in [5, 5.41) is 0. The van der Waals surface area contributed by atoms with Crippen LogP contribution < -0.4 is 4.74 Å². The fourth-order valence-electron chi connectivity index (χ4n) is 1.59. The fraction of sp³-hybridized carbons (Fsp3) is 0.455. The van der Waals surface area contributed by atoms with Crippen LogP contribution in [0, 0.1) is 0 Å². The molecule has 0 saturated heterocycles. The third kappa shape index (κ3) is 4.02. The Morgan fingerprint density at radius 3 is 2.56 bits per heavy atom. The van der Waals surface area contributed by atoms with Crippen LogP contribution in [0.2, 0.25) is 0 Å². The predicted molar refractivity (Wildman–Crippen MR) is 65.5 cm³/mol. The molecule has 1 rings (SSSR count). The van der Waals surface area contributed by atoms with Gasteiger partial charge < -0.3 is 4.74 Å². The molecule has 1 aromatic rings. The van der Waals surface area contributed by atoms with Crippen molar-refractivity contribution in [2.24, 2.45) is 0 Å². The van der Waals surface area contributed by atoms with Crippen LogP contribution in [0.4, 0.5) is 0 Å². The molecule has 0 atom stereocenters. The zero-order chi connectivity index (χ0) is 12.2. The first-order chi connectivity index (χ1) is 7.46. The summed E-state index contributed by atoms with van der Waals surface area (Å²) in [4.78, 5) is 0. The van der Waals surface area contributed by atoms with E-state index in [2.05, 4.69) is 6.92 Å². The molecule has 0 aromatic heterocycles. The Morgan fingerprint density at radius 1 is 1.38 bits per heavy atom. The Morgan fingerprint density at radius 2 is 2.06 bits per heavy atom. The molecule has 5 heteroatoms. The molecule has 0 fully saturated rings. The van der Waals surface area contributed by atoms with Gasteiger partial charge in [0.15, 0.2) is 0 Å². The Labute approximate surface area is 101 Å². The second-order valence-electron chi connectivity index (χ2n) is 3.58. The summed E-state index contributed by atoms with van der Waals surface area (Å²) in [6.07, 6.45) is 1.84. The van der Waals surface area contributed by atoms with Crippen molar-refractivity contribution in [1.29, 1.82) is 0 Å². The summed E-state index contributed by atoms with van der Waals surface area (Å²) in [7, 11) is 3.32. The molecule has 0 spiro atoms. The van der Waals surface area contributed by atoms with Gasteiger partial charge in [0.05, 0.1) is 12.9 Å². The van der Waals surface area contributed by atoms with Gasteiger partial charge in [-0.3, -0.25) is 0 Å². The zero-order valence-corrected chi connectivity index (χ0v) is 10.9.